The van der Waals surface area contributed by atoms with Crippen LogP contribution in [0.1, 0.15) is 19.8 Å². The molecule has 0 fully saturated rings. The number of halogens is 2. The van der Waals surface area contributed by atoms with Crippen molar-refractivity contribution < 1.29 is 17.9 Å². The molecule has 20 heavy (non-hydrogen) atoms. The van der Waals surface area contributed by atoms with Crippen LogP contribution < -0.4 is 4.72 Å². The molecule has 1 aromatic carbocycles. The Morgan fingerprint density at radius 3 is 2.70 bits per heavy atom. The van der Waals surface area contributed by atoms with E-state index in [4.69, 9.17) is 4.74 Å². The van der Waals surface area contributed by atoms with Crippen molar-refractivity contribution in [2.75, 3.05) is 13.2 Å². The molecule has 0 spiro atoms. The molecule has 0 saturated carbocycles. The number of ether oxygens (including phenoxy) is 1. The van der Waals surface area contributed by atoms with Crippen LogP contribution in [0.2, 0.25) is 0 Å². The maximum atomic E-state index is 12.1. The third-order valence-corrected chi connectivity index (χ3v) is 5.29. The van der Waals surface area contributed by atoms with Gasteiger partial charge in [-0.15, -0.1) is 0 Å². The Morgan fingerprint density at radius 1 is 1.35 bits per heavy atom. The van der Waals surface area contributed by atoms with Crippen LogP contribution in [0.15, 0.2) is 32.0 Å². The molecule has 0 aliphatic heterocycles. The fourth-order valence-corrected chi connectivity index (χ4v) is 4.01. The lowest BCUT2D eigenvalue weighted by Gasteiger charge is -2.08. The van der Waals surface area contributed by atoms with Crippen molar-refractivity contribution >= 4 is 47.9 Å². The van der Waals surface area contributed by atoms with Gasteiger partial charge in [0.1, 0.15) is 0 Å². The number of hydrogen-bond donors (Lipinski definition) is 1. The van der Waals surface area contributed by atoms with Gasteiger partial charge in [0.05, 0.1) is 11.5 Å². The van der Waals surface area contributed by atoms with E-state index in [2.05, 4.69) is 36.6 Å². The zero-order chi connectivity index (χ0) is 15.2. The van der Waals surface area contributed by atoms with Crippen molar-refractivity contribution in [3.05, 3.63) is 27.1 Å². The second-order valence-corrected chi connectivity index (χ2v) is 7.39. The molecule has 0 heterocycles. The molecule has 112 valence electrons. The lowest BCUT2D eigenvalue weighted by molar-refractivity contribution is -0.143. The van der Waals surface area contributed by atoms with Crippen LogP contribution in [0.3, 0.4) is 0 Å². The molecule has 0 aromatic heterocycles. The highest BCUT2D eigenvalue weighted by molar-refractivity contribution is 9.11. The highest BCUT2D eigenvalue weighted by atomic mass is 79.9. The van der Waals surface area contributed by atoms with Crippen LogP contribution in [-0.4, -0.2) is 27.5 Å². The molecular formula is C12H15Br2NO4S. The lowest BCUT2D eigenvalue weighted by atomic mass is 10.3. The van der Waals surface area contributed by atoms with Crippen LogP contribution in [-0.2, 0) is 19.6 Å². The molecule has 0 amide bonds. The molecule has 0 saturated heterocycles. The van der Waals surface area contributed by atoms with E-state index >= 15 is 0 Å². The summed E-state index contributed by atoms with van der Waals surface area (Å²) in [6, 6.07) is 4.90. The molecule has 0 aliphatic carbocycles. The fourth-order valence-electron chi connectivity index (χ4n) is 1.43. The molecule has 8 heteroatoms. The van der Waals surface area contributed by atoms with Crippen LogP contribution in [0.4, 0.5) is 0 Å². The zero-order valence-corrected chi connectivity index (χ0v) is 14.8. The number of rotatable bonds is 7. The lowest BCUT2D eigenvalue weighted by Crippen LogP contribution is -2.25. The van der Waals surface area contributed by atoms with Gasteiger partial charge >= 0.3 is 5.97 Å². The molecule has 5 nitrogen and oxygen atoms in total. The number of benzene rings is 1. The summed E-state index contributed by atoms with van der Waals surface area (Å²) < 4.78 is 32.6. The maximum absolute atomic E-state index is 12.1. The Balaban J connectivity index is 2.58. The molecule has 0 atom stereocenters. The van der Waals surface area contributed by atoms with Gasteiger partial charge in [0.15, 0.2) is 0 Å². The topological polar surface area (TPSA) is 72.5 Å². The number of carbonyl (C=O) groups excluding carboxylic acids is 1. The van der Waals surface area contributed by atoms with Gasteiger partial charge < -0.3 is 4.74 Å². The standard InChI is InChI=1S/C12H15Br2NO4S/c1-2-19-12(16)4-3-7-15-20(17,18)11-8-9(13)5-6-10(11)14/h5-6,8,15H,2-4,7H2,1H3. The second-order valence-electron chi connectivity index (χ2n) is 3.88. The van der Waals surface area contributed by atoms with Gasteiger partial charge in [-0.2, -0.15) is 0 Å². The number of nitrogens with one attached hydrogen (secondary N) is 1. The summed E-state index contributed by atoms with van der Waals surface area (Å²) in [7, 11) is -3.60. The van der Waals surface area contributed by atoms with E-state index in [1.165, 1.54) is 6.07 Å². The highest BCUT2D eigenvalue weighted by Gasteiger charge is 2.17. The predicted octanol–water partition coefficient (Wildman–Crippen LogP) is 2.83. The predicted molar refractivity (Wildman–Crippen MR) is 82.9 cm³/mol. The Hall–Kier alpha value is -0.440. The molecule has 0 bridgehead atoms. The average Bonchev–Trinajstić information content (AvgIpc) is 2.38. The van der Waals surface area contributed by atoms with Crippen LogP contribution in [0, 0.1) is 0 Å². The minimum atomic E-state index is -3.60. The first-order valence-corrected chi connectivity index (χ1v) is 9.04. The van der Waals surface area contributed by atoms with Crippen molar-refractivity contribution in [1.82, 2.24) is 4.72 Å². The van der Waals surface area contributed by atoms with Gasteiger partial charge in [0, 0.05) is 21.9 Å². The first kappa shape index (κ1) is 17.6. The van der Waals surface area contributed by atoms with Gasteiger partial charge in [0.25, 0.3) is 0 Å². The van der Waals surface area contributed by atoms with Crippen molar-refractivity contribution in [2.45, 2.75) is 24.7 Å². The molecule has 0 radical (unpaired) electrons. The first-order valence-electron chi connectivity index (χ1n) is 5.97. The van der Waals surface area contributed by atoms with Crippen molar-refractivity contribution in [3.8, 4) is 0 Å². The van der Waals surface area contributed by atoms with E-state index in [-0.39, 0.29) is 23.8 Å². The van der Waals surface area contributed by atoms with E-state index in [9.17, 15) is 13.2 Å². The van der Waals surface area contributed by atoms with Gasteiger partial charge in [-0.3, -0.25) is 4.79 Å². The van der Waals surface area contributed by atoms with Gasteiger partial charge in [-0.1, -0.05) is 15.9 Å². The number of hydrogen-bond acceptors (Lipinski definition) is 4. The normalized spacial score (nSPS) is 11.3. The summed E-state index contributed by atoms with van der Waals surface area (Å²) in [5.41, 5.74) is 0. The minimum Gasteiger partial charge on any atom is -0.466 e. The molecule has 0 unspecified atom stereocenters. The summed E-state index contributed by atoms with van der Waals surface area (Å²) in [5, 5.41) is 0. The summed E-state index contributed by atoms with van der Waals surface area (Å²) in [6.07, 6.45) is 0.583. The number of carbonyl (C=O) groups is 1. The van der Waals surface area contributed by atoms with Gasteiger partial charge in [-0.25, -0.2) is 13.1 Å². The smallest absolute Gasteiger partial charge is 0.305 e. The van der Waals surface area contributed by atoms with E-state index in [0.717, 1.165) is 0 Å². The van der Waals surface area contributed by atoms with E-state index in [1.807, 2.05) is 0 Å². The summed E-state index contributed by atoms with van der Waals surface area (Å²) in [5.74, 6) is -0.324. The van der Waals surface area contributed by atoms with Crippen LogP contribution in [0.25, 0.3) is 0 Å². The average molecular weight is 429 g/mol. The van der Waals surface area contributed by atoms with Gasteiger partial charge in [0.2, 0.25) is 10.0 Å². The molecule has 1 rings (SSSR count). The van der Waals surface area contributed by atoms with E-state index in [0.29, 0.717) is 22.0 Å². The van der Waals surface area contributed by atoms with Crippen molar-refractivity contribution in [1.29, 1.82) is 0 Å². The quantitative estimate of drug-likeness (QED) is 0.535. The monoisotopic (exact) mass is 427 g/mol. The Labute approximate surface area is 135 Å². The molecule has 1 N–H and O–H groups in total. The SMILES string of the molecule is CCOC(=O)CCCNS(=O)(=O)c1cc(Br)ccc1Br. The van der Waals surface area contributed by atoms with Crippen LogP contribution in [0.5, 0.6) is 0 Å². The first-order chi connectivity index (χ1) is 9.36. The van der Waals surface area contributed by atoms with E-state index < -0.39 is 10.0 Å². The number of sulfonamides is 1. The van der Waals surface area contributed by atoms with E-state index in [1.54, 1.807) is 19.1 Å². The van der Waals surface area contributed by atoms with Crippen molar-refractivity contribution in [3.63, 3.8) is 0 Å². The summed E-state index contributed by atoms with van der Waals surface area (Å²) in [6.45, 7) is 2.24. The maximum Gasteiger partial charge on any atom is 0.305 e. The Bertz CT molecular complexity index is 575. The highest BCUT2D eigenvalue weighted by Crippen LogP contribution is 2.25. The van der Waals surface area contributed by atoms with Gasteiger partial charge in [-0.05, 0) is 47.5 Å². The summed E-state index contributed by atoms with van der Waals surface area (Å²) >= 11 is 6.44. The summed E-state index contributed by atoms with van der Waals surface area (Å²) in [4.78, 5) is 11.3. The third kappa shape index (κ3) is 5.51. The molecular weight excluding hydrogens is 414 g/mol. The Morgan fingerprint density at radius 2 is 2.05 bits per heavy atom. The minimum absolute atomic E-state index is 0.156. The molecule has 0 aliphatic rings. The number of esters is 1. The van der Waals surface area contributed by atoms with Crippen LogP contribution >= 0.6 is 31.9 Å². The Kier molecular flexibility index (Phi) is 7.14. The largest absolute Gasteiger partial charge is 0.466 e. The fraction of sp³-hybridized carbons (Fsp3) is 0.417. The van der Waals surface area contributed by atoms with Crippen molar-refractivity contribution in [2.24, 2.45) is 0 Å². The molecule has 1 aromatic rings. The third-order valence-electron chi connectivity index (χ3n) is 2.34. The second kappa shape index (κ2) is 8.11. The zero-order valence-electron chi connectivity index (χ0n) is 10.9.